The van der Waals surface area contributed by atoms with Gasteiger partial charge in [-0.2, -0.15) is 0 Å². The van der Waals surface area contributed by atoms with Gasteiger partial charge in [-0.05, 0) is 90.2 Å². The third kappa shape index (κ3) is 15.6. The first-order valence-corrected chi connectivity index (χ1v) is 18.9. The third-order valence-corrected chi connectivity index (χ3v) is 8.51. The maximum Gasteiger partial charge on any atom is 0.407 e. The first kappa shape index (κ1) is 45.3. The fourth-order valence-electron chi connectivity index (χ4n) is 5.41. The zero-order valence-electron chi connectivity index (χ0n) is 33.9. The van der Waals surface area contributed by atoms with Gasteiger partial charge in [-0.15, -0.1) is 0 Å². The van der Waals surface area contributed by atoms with E-state index in [0.717, 1.165) is 18.8 Å². The molecule has 15 heteroatoms. The van der Waals surface area contributed by atoms with E-state index in [2.05, 4.69) is 39.3 Å². The number of hydrogen-bond donors (Lipinski definition) is 3. The molecule has 306 valence electrons. The molecule has 3 aromatic rings. The van der Waals surface area contributed by atoms with Crippen LogP contribution in [0.1, 0.15) is 65.7 Å². The number of anilines is 2. The fourth-order valence-corrected chi connectivity index (χ4v) is 5.41. The molecule has 4 amide bonds. The number of alkyl carbamates (subject to hydrolysis) is 1. The number of aromatic nitrogens is 1. The standard InChI is InChI=1S/C41H59N7O8/c1-8-48(9-2)33-13-14-35(34(29-33)36-28-30(37(42)49)15-16-43-36)45-38(50)31-11-10-12-32(27-31)39(51)47(7)19-18-46(6)20-22-54-24-26-55-25-23-53-21-17-44-40(52)56-41(3,4)5/h10-16,27-29H,8-9,17-26H2,1-7H3,(H2,42,49)(H,44,52)(H,45,50). The van der Waals surface area contributed by atoms with Gasteiger partial charge < -0.3 is 50.0 Å². The number of nitrogens with zero attached hydrogens (tertiary/aromatic N) is 4. The van der Waals surface area contributed by atoms with Gasteiger partial charge >= 0.3 is 6.09 Å². The molecule has 0 unspecified atom stereocenters. The first-order chi connectivity index (χ1) is 26.7. The van der Waals surface area contributed by atoms with E-state index in [9.17, 15) is 19.2 Å². The van der Waals surface area contributed by atoms with Crippen molar-refractivity contribution in [2.24, 2.45) is 5.73 Å². The Labute approximate surface area is 330 Å². The van der Waals surface area contributed by atoms with Crippen molar-refractivity contribution < 1.29 is 38.1 Å². The summed E-state index contributed by atoms with van der Waals surface area (Å²) >= 11 is 0. The van der Waals surface area contributed by atoms with Crippen molar-refractivity contribution in [2.75, 3.05) is 103 Å². The third-order valence-electron chi connectivity index (χ3n) is 8.51. The molecule has 3 rings (SSSR count). The summed E-state index contributed by atoms with van der Waals surface area (Å²) in [6.45, 7) is 15.8. The van der Waals surface area contributed by atoms with E-state index < -0.39 is 23.5 Å². The Balaban J connectivity index is 1.43. The molecular weight excluding hydrogens is 718 g/mol. The summed E-state index contributed by atoms with van der Waals surface area (Å²) in [6, 6.07) is 15.4. The van der Waals surface area contributed by atoms with E-state index in [1.165, 1.54) is 6.20 Å². The molecule has 0 bridgehead atoms. The highest BCUT2D eigenvalue weighted by atomic mass is 16.6. The number of carbonyl (C=O) groups excluding carboxylic acids is 4. The number of rotatable bonds is 23. The van der Waals surface area contributed by atoms with Crippen LogP contribution in [0.2, 0.25) is 0 Å². The van der Waals surface area contributed by atoms with Gasteiger partial charge in [0.1, 0.15) is 5.60 Å². The Bertz CT molecular complexity index is 1730. The lowest BCUT2D eigenvalue weighted by Gasteiger charge is -2.23. The van der Waals surface area contributed by atoms with Crippen molar-refractivity contribution in [3.63, 3.8) is 0 Å². The highest BCUT2D eigenvalue weighted by Crippen LogP contribution is 2.32. The summed E-state index contributed by atoms with van der Waals surface area (Å²) in [5.74, 6) is -1.18. The monoisotopic (exact) mass is 777 g/mol. The average Bonchev–Trinajstić information content (AvgIpc) is 3.17. The van der Waals surface area contributed by atoms with E-state index in [0.29, 0.717) is 99.5 Å². The molecule has 1 heterocycles. The number of likely N-dealkylation sites (N-methyl/N-ethyl adjacent to an activating group) is 2. The van der Waals surface area contributed by atoms with Crippen LogP contribution in [-0.2, 0) is 18.9 Å². The van der Waals surface area contributed by atoms with E-state index in [-0.39, 0.29) is 5.91 Å². The second kappa shape index (κ2) is 23.1. The highest BCUT2D eigenvalue weighted by Gasteiger charge is 2.19. The van der Waals surface area contributed by atoms with Crippen molar-refractivity contribution in [1.82, 2.24) is 20.1 Å². The zero-order chi connectivity index (χ0) is 41.1. The maximum absolute atomic E-state index is 13.6. The number of hydrogen-bond acceptors (Lipinski definition) is 11. The molecule has 0 saturated heterocycles. The highest BCUT2D eigenvalue weighted by molar-refractivity contribution is 6.08. The van der Waals surface area contributed by atoms with Crippen molar-refractivity contribution in [3.8, 4) is 11.3 Å². The summed E-state index contributed by atoms with van der Waals surface area (Å²) in [4.78, 5) is 60.8. The van der Waals surface area contributed by atoms with E-state index in [1.54, 1.807) is 69.1 Å². The van der Waals surface area contributed by atoms with Crippen LogP contribution in [0, 0.1) is 0 Å². The summed E-state index contributed by atoms with van der Waals surface area (Å²) in [5, 5.41) is 5.62. The lowest BCUT2D eigenvalue weighted by molar-refractivity contribution is 0.0110. The molecule has 0 spiro atoms. The van der Waals surface area contributed by atoms with Crippen LogP contribution >= 0.6 is 0 Å². The van der Waals surface area contributed by atoms with Gasteiger partial charge in [0.15, 0.2) is 0 Å². The number of ether oxygens (including phenoxy) is 4. The molecule has 0 saturated carbocycles. The largest absolute Gasteiger partial charge is 0.444 e. The SMILES string of the molecule is CCN(CC)c1ccc(NC(=O)c2cccc(C(=O)N(C)CCN(C)CCOCCOCCOCCNC(=O)OC(C)(C)C)c2)c(-c2cc(C(N)=O)ccn2)c1. The van der Waals surface area contributed by atoms with Crippen LogP contribution in [0.25, 0.3) is 11.3 Å². The number of pyridine rings is 1. The quantitative estimate of drug-likeness (QED) is 0.115. The van der Waals surface area contributed by atoms with Gasteiger partial charge in [0, 0.05) is 80.5 Å². The lowest BCUT2D eigenvalue weighted by Crippen LogP contribution is -2.36. The molecule has 0 atom stereocenters. The van der Waals surface area contributed by atoms with Crippen molar-refractivity contribution in [3.05, 3.63) is 77.5 Å². The average molecular weight is 778 g/mol. The summed E-state index contributed by atoms with van der Waals surface area (Å²) in [6.07, 6.45) is 1.04. The molecule has 15 nitrogen and oxygen atoms in total. The molecule has 56 heavy (non-hydrogen) atoms. The van der Waals surface area contributed by atoms with Crippen LogP contribution in [0.3, 0.4) is 0 Å². The van der Waals surface area contributed by atoms with Gasteiger partial charge in [-0.1, -0.05) is 6.07 Å². The molecule has 0 aliphatic rings. The Hall–Kier alpha value is -5.09. The van der Waals surface area contributed by atoms with Crippen molar-refractivity contribution in [1.29, 1.82) is 0 Å². The van der Waals surface area contributed by atoms with Gasteiger partial charge in [0.05, 0.1) is 51.0 Å². The number of amides is 4. The van der Waals surface area contributed by atoms with Gasteiger partial charge in [0.2, 0.25) is 5.91 Å². The molecule has 0 fully saturated rings. The van der Waals surface area contributed by atoms with E-state index >= 15 is 0 Å². The van der Waals surface area contributed by atoms with Crippen LogP contribution in [0.15, 0.2) is 60.8 Å². The van der Waals surface area contributed by atoms with E-state index in [4.69, 9.17) is 24.7 Å². The number of nitrogens with two attached hydrogens (primary N) is 1. The Kier molecular flexibility index (Phi) is 18.7. The van der Waals surface area contributed by atoms with E-state index in [1.807, 2.05) is 25.2 Å². The molecule has 0 radical (unpaired) electrons. The molecule has 0 aliphatic heterocycles. The predicted octanol–water partition coefficient (Wildman–Crippen LogP) is 4.52. The zero-order valence-corrected chi connectivity index (χ0v) is 33.9. The first-order valence-electron chi connectivity index (χ1n) is 18.9. The molecular formula is C41H59N7O8. The molecule has 1 aromatic heterocycles. The van der Waals surface area contributed by atoms with Gasteiger partial charge in [-0.3, -0.25) is 19.4 Å². The van der Waals surface area contributed by atoms with Crippen LogP contribution in [0.4, 0.5) is 16.2 Å². The maximum atomic E-state index is 13.6. The topological polar surface area (TPSA) is 178 Å². The summed E-state index contributed by atoms with van der Waals surface area (Å²) in [5.41, 5.74) is 8.58. The lowest BCUT2D eigenvalue weighted by atomic mass is 10.0. The smallest absolute Gasteiger partial charge is 0.407 e. The number of primary amides is 1. The van der Waals surface area contributed by atoms with Crippen LogP contribution < -0.4 is 21.3 Å². The van der Waals surface area contributed by atoms with Crippen molar-refractivity contribution >= 4 is 35.2 Å². The summed E-state index contributed by atoms with van der Waals surface area (Å²) in [7, 11) is 3.69. The number of nitrogens with one attached hydrogen (secondary N) is 2. The molecule has 4 N–H and O–H groups in total. The number of carbonyl (C=O) groups is 4. The molecule has 2 aromatic carbocycles. The Morgan fingerprint density at radius 2 is 1.43 bits per heavy atom. The van der Waals surface area contributed by atoms with Crippen molar-refractivity contribution in [2.45, 2.75) is 40.2 Å². The van der Waals surface area contributed by atoms with Gasteiger partial charge in [0.25, 0.3) is 11.8 Å². The minimum atomic E-state index is -0.576. The minimum Gasteiger partial charge on any atom is -0.444 e. The molecule has 0 aliphatic carbocycles. The Morgan fingerprint density at radius 1 is 0.768 bits per heavy atom. The minimum absolute atomic E-state index is 0.207. The van der Waals surface area contributed by atoms with Crippen LogP contribution in [-0.4, -0.2) is 137 Å². The Morgan fingerprint density at radius 3 is 2.09 bits per heavy atom. The number of benzene rings is 2. The second-order valence-electron chi connectivity index (χ2n) is 14.0. The fraction of sp³-hybridized carbons (Fsp3) is 0.488. The van der Waals surface area contributed by atoms with Crippen LogP contribution in [0.5, 0.6) is 0 Å². The summed E-state index contributed by atoms with van der Waals surface area (Å²) < 4.78 is 21.8. The van der Waals surface area contributed by atoms with Gasteiger partial charge in [-0.25, -0.2) is 4.79 Å². The normalized spacial score (nSPS) is 11.3. The predicted molar refractivity (Wildman–Crippen MR) is 217 cm³/mol. The second-order valence-corrected chi connectivity index (χ2v) is 14.0.